The van der Waals surface area contributed by atoms with Crippen molar-refractivity contribution in [2.45, 2.75) is 38.2 Å². The summed E-state index contributed by atoms with van der Waals surface area (Å²) in [6, 6.07) is 12.1. The standard InChI is InChI=1S/C17H19NO2/c18-17(19)10-12-5-6-14-11-16(8-7-13(14)9-12)20-15-3-1-2-4-15/h5-9,11,15H,1-4,10H2,(H2,18,19). The molecule has 1 fully saturated rings. The number of rotatable bonds is 4. The lowest BCUT2D eigenvalue weighted by atomic mass is 10.0. The summed E-state index contributed by atoms with van der Waals surface area (Å²) < 4.78 is 6.00. The SMILES string of the molecule is NC(=O)Cc1ccc2cc(OC3CCCC3)ccc2c1. The topological polar surface area (TPSA) is 52.3 Å². The Morgan fingerprint density at radius 2 is 1.80 bits per heavy atom. The molecule has 0 spiro atoms. The number of carbonyl (C=O) groups is 1. The first-order valence-corrected chi connectivity index (χ1v) is 7.18. The van der Waals surface area contributed by atoms with Gasteiger partial charge in [0.05, 0.1) is 12.5 Å². The molecule has 1 saturated carbocycles. The summed E-state index contributed by atoms with van der Waals surface area (Å²) in [7, 11) is 0. The number of hydrogen-bond donors (Lipinski definition) is 1. The molecule has 1 amide bonds. The molecule has 1 aliphatic rings. The van der Waals surface area contributed by atoms with Crippen LogP contribution in [0.25, 0.3) is 10.8 Å². The van der Waals surface area contributed by atoms with Gasteiger partial charge in [-0.2, -0.15) is 0 Å². The minimum atomic E-state index is -0.300. The lowest BCUT2D eigenvalue weighted by molar-refractivity contribution is -0.117. The Bertz CT molecular complexity index is 630. The molecule has 2 aromatic carbocycles. The van der Waals surface area contributed by atoms with Crippen LogP contribution in [0.15, 0.2) is 36.4 Å². The zero-order valence-electron chi connectivity index (χ0n) is 11.5. The lowest BCUT2D eigenvalue weighted by Gasteiger charge is -2.13. The number of nitrogens with two attached hydrogens (primary N) is 1. The number of benzene rings is 2. The Morgan fingerprint density at radius 3 is 2.55 bits per heavy atom. The highest BCUT2D eigenvalue weighted by Gasteiger charge is 2.16. The van der Waals surface area contributed by atoms with Gasteiger partial charge in [-0.1, -0.05) is 24.3 Å². The number of primary amides is 1. The number of carbonyl (C=O) groups excluding carboxylic acids is 1. The molecular formula is C17H19NO2. The average Bonchev–Trinajstić information content (AvgIpc) is 2.91. The predicted molar refractivity (Wildman–Crippen MR) is 79.7 cm³/mol. The summed E-state index contributed by atoms with van der Waals surface area (Å²) in [4.78, 5) is 11.0. The molecule has 0 radical (unpaired) electrons. The van der Waals surface area contributed by atoms with Crippen LogP contribution in [-0.2, 0) is 11.2 Å². The Kier molecular flexibility index (Phi) is 3.59. The minimum absolute atomic E-state index is 0.288. The summed E-state index contributed by atoms with van der Waals surface area (Å²) in [5.41, 5.74) is 6.18. The molecule has 0 unspecified atom stereocenters. The van der Waals surface area contributed by atoms with Crippen LogP contribution in [0.4, 0.5) is 0 Å². The molecule has 2 aromatic rings. The average molecular weight is 269 g/mol. The van der Waals surface area contributed by atoms with E-state index in [1.165, 1.54) is 12.8 Å². The molecule has 0 saturated heterocycles. The molecule has 0 aliphatic heterocycles. The second-order valence-electron chi connectivity index (χ2n) is 5.51. The first kappa shape index (κ1) is 13.0. The highest BCUT2D eigenvalue weighted by molar-refractivity contribution is 5.86. The van der Waals surface area contributed by atoms with Gasteiger partial charge in [0.2, 0.25) is 5.91 Å². The third-order valence-electron chi connectivity index (χ3n) is 3.86. The second kappa shape index (κ2) is 5.53. The largest absolute Gasteiger partial charge is 0.490 e. The van der Waals surface area contributed by atoms with Gasteiger partial charge in [-0.05, 0) is 54.2 Å². The van der Waals surface area contributed by atoms with Crippen molar-refractivity contribution < 1.29 is 9.53 Å². The van der Waals surface area contributed by atoms with E-state index in [2.05, 4.69) is 6.07 Å². The maximum absolute atomic E-state index is 11.0. The van der Waals surface area contributed by atoms with Crippen LogP contribution in [-0.4, -0.2) is 12.0 Å². The van der Waals surface area contributed by atoms with Crippen molar-refractivity contribution in [3.05, 3.63) is 42.0 Å². The highest BCUT2D eigenvalue weighted by Crippen LogP contribution is 2.27. The highest BCUT2D eigenvalue weighted by atomic mass is 16.5. The Labute approximate surface area is 118 Å². The molecule has 3 heteroatoms. The summed E-state index contributed by atoms with van der Waals surface area (Å²) in [6.45, 7) is 0. The maximum atomic E-state index is 11.0. The van der Waals surface area contributed by atoms with Gasteiger partial charge in [-0.3, -0.25) is 4.79 Å². The van der Waals surface area contributed by atoms with Gasteiger partial charge in [0.15, 0.2) is 0 Å². The van der Waals surface area contributed by atoms with Crippen molar-refractivity contribution >= 4 is 16.7 Å². The van der Waals surface area contributed by atoms with E-state index in [-0.39, 0.29) is 12.3 Å². The minimum Gasteiger partial charge on any atom is -0.490 e. The molecule has 0 atom stereocenters. The van der Waals surface area contributed by atoms with Gasteiger partial charge in [0, 0.05) is 0 Å². The van der Waals surface area contributed by atoms with Gasteiger partial charge in [0.25, 0.3) is 0 Å². The normalized spacial score (nSPS) is 15.6. The van der Waals surface area contributed by atoms with Gasteiger partial charge < -0.3 is 10.5 Å². The lowest BCUT2D eigenvalue weighted by Crippen LogP contribution is -2.13. The molecule has 0 heterocycles. The van der Waals surface area contributed by atoms with E-state index < -0.39 is 0 Å². The summed E-state index contributed by atoms with van der Waals surface area (Å²) in [5.74, 6) is 0.637. The molecule has 0 aromatic heterocycles. The number of amides is 1. The second-order valence-corrected chi connectivity index (χ2v) is 5.51. The van der Waals surface area contributed by atoms with Crippen molar-refractivity contribution in [2.75, 3.05) is 0 Å². The van der Waals surface area contributed by atoms with E-state index in [9.17, 15) is 4.79 Å². The van der Waals surface area contributed by atoms with E-state index in [0.717, 1.165) is 34.9 Å². The molecular weight excluding hydrogens is 250 g/mol. The van der Waals surface area contributed by atoms with Crippen molar-refractivity contribution in [1.82, 2.24) is 0 Å². The number of ether oxygens (including phenoxy) is 1. The van der Waals surface area contributed by atoms with Crippen molar-refractivity contribution in [1.29, 1.82) is 0 Å². The van der Waals surface area contributed by atoms with Crippen molar-refractivity contribution in [3.8, 4) is 5.75 Å². The Morgan fingerprint density at radius 1 is 1.10 bits per heavy atom. The molecule has 20 heavy (non-hydrogen) atoms. The van der Waals surface area contributed by atoms with Gasteiger partial charge in [-0.25, -0.2) is 0 Å². The first-order chi connectivity index (χ1) is 9.70. The van der Waals surface area contributed by atoms with Gasteiger partial charge in [-0.15, -0.1) is 0 Å². The van der Waals surface area contributed by atoms with Crippen LogP contribution < -0.4 is 10.5 Å². The quantitative estimate of drug-likeness (QED) is 0.926. The zero-order chi connectivity index (χ0) is 13.9. The van der Waals surface area contributed by atoms with E-state index in [1.54, 1.807) is 0 Å². The van der Waals surface area contributed by atoms with Crippen LogP contribution in [0.5, 0.6) is 5.75 Å². The molecule has 2 N–H and O–H groups in total. The summed E-state index contributed by atoms with van der Waals surface area (Å²) >= 11 is 0. The zero-order valence-corrected chi connectivity index (χ0v) is 11.5. The van der Waals surface area contributed by atoms with Gasteiger partial charge in [0.1, 0.15) is 5.75 Å². The third kappa shape index (κ3) is 2.93. The maximum Gasteiger partial charge on any atom is 0.221 e. The van der Waals surface area contributed by atoms with E-state index in [4.69, 9.17) is 10.5 Å². The fourth-order valence-electron chi connectivity index (χ4n) is 2.86. The molecule has 0 bridgehead atoms. The van der Waals surface area contributed by atoms with Crippen LogP contribution in [0.1, 0.15) is 31.2 Å². The first-order valence-electron chi connectivity index (χ1n) is 7.18. The van der Waals surface area contributed by atoms with Crippen LogP contribution in [0.2, 0.25) is 0 Å². The van der Waals surface area contributed by atoms with Crippen LogP contribution in [0, 0.1) is 0 Å². The Balaban J connectivity index is 1.82. The number of hydrogen-bond acceptors (Lipinski definition) is 2. The molecule has 3 nitrogen and oxygen atoms in total. The van der Waals surface area contributed by atoms with E-state index in [1.807, 2.05) is 30.3 Å². The predicted octanol–water partition coefficient (Wildman–Crippen LogP) is 3.19. The smallest absolute Gasteiger partial charge is 0.221 e. The summed E-state index contributed by atoms with van der Waals surface area (Å²) in [6.07, 6.45) is 5.53. The van der Waals surface area contributed by atoms with E-state index in [0.29, 0.717) is 6.10 Å². The van der Waals surface area contributed by atoms with Crippen LogP contribution >= 0.6 is 0 Å². The molecule has 1 aliphatic carbocycles. The Hall–Kier alpha value is -2.03. The fraction of sp³-hybridized carbons (Fsp3) is 0.353. The van der Waals surface area contributed by atoms with Crippen molar-refractivity contribution in [3.63, 3.8) is 0 Å². The third-order valence-corrected chi connectivity index (χ3v) is 3.86. The number of fused-ring (bicyclic) bond motifs is 1. The molecule has 3 rings (SSSR count). The van der Waals surface area contributed by atoms with Crippen LogP contribution in [0.3, 0.4) is 0 Å². The van der Waals surface area contributed by atoms with Gasteiger partial charge >= 0.3 is 0 Å². The monoisotopic (exact) mass is 269 g/mol. The van der Waals surface area contributed by atoms with Crippen molar-refractivity contribution in [2.24, 2.45) is 5.73 Å². The fourth-order valence-corrected chi connectivity index (χ4v) is 2.86. The molecule has 104 valence electrons. The van der Waals surface area contributed by atoms with E-state index >= 15 is 0 Å². The summed E-state index contributed by atoms with van der Waals surface area (Å²) in [5, 5.41) is 2.25.